The predicted octanol–water partition coefficient (Wildman–Crippen LogP) is 3.02. The zero-order chi connectivity index (χ0) is 7.98. The number of allylic oxidation sites excluding steroid dienone is 2. The van der Waals surface area contributed by atoms with E-state index in [-0.39, 0.29) is 0 Å². The highest BCUT2D eigenvalue weighted by Gasteiger charge is 1.99. The van der Waals surface area contributed by atoms with Crippen molar-refractivity contribution in [1.29, 1.82) is 5.41 Å². The number of nitrogens with one attached hydrogen (secondary N) is 1. The summed E-state index contributed by atoms with van der Waals surface area (Å²) in [6.07, 6.45) is 5.70. The van der Waals surface area contributed by atoms with Gasteiger partial charge in [0.1, 0.15) is 0 Å². The summed E-state index contributed by atoms with van der Waals surface area (Å²) < 4.78 is 0. The van der Waals surface area contributed by atoms with E-state index in [9.17, 15) is 0 Å². The van der Waals surface area contributed by atoms with Gasteiger partial charge in [0.2, 0.25) is 0 Å². The van der Waals surface area contributed by atoms with Crippen LogP contribution in [0, 0.1) is 11.3 Å². The molecule has 58 valence electrons. The van der Waals surface area contributed by atoms with E-state index in [1.165, 1.54) is 11.8 Å². The van der Waals surface area contributed by atoms with Crippen LogP contribution in [-0.2, 0) is 0 Å². The zero-order valence-electron chi connectivity index (χ0n) is 7.15. The largest absolute Gasteiger partial charge is 0.313 e. The fraction of sp³-hybridized carbons (Fsp3) is 0.667. The number of hydrogen-bond acceptors (Lipinski definition) is 1. The van der Waals surface area contributed by atoms with Crippen molar-refractivity contribution in [2.24, 2.45) is 5.92 Å². The second-order valence-corrected chi connectivity index (χ2v) is 2.70. The minimum atomic E-state index is 0.553. The van der Waals surface area contributed by atoms with Crippen LogP contribution in [-0.4, -0.2) is 6.21 Å². The van der Waals surface area contributed by atoms with Crippen molar-refractivity contribution in [2.45, 2.75) is 33.6 Å². The summed E-state index contributed by atoms with van der Waals surface area (Å²) >= 11 is 0. The molecule has 0 aromatic rings. The smallest absolute Gasteiger partial charge is 0.00419 e. The van der Waals surface area contributed by atoms with Crippen LogP contribution in [0.15, 0.2) is 11.6 Å². The highest BCUT2D eigenvalue weighted by Crippen LogP contribution is 2.12. The molecule has 0 radical (unpaired) electrons. The van der Waals surface area contributed by atoms with Crippen molar-refractivity contribution in [3.8, 4) is 0 Å². The summed E-state index contributed by atoms with van der Waals surface area (Å²) in [5, 5.41) is 6.91. The molecule has 10 heavy (non-hydrogen) atoms. The van der Waals surface area contributed by atoms with Crippen LogP contribution in [0.5, 0.6) is 0 Å². The van der Waals surface area contributed by atoms with Crippen LogP contribution in [0.1, 0.15) is 33.6 Å². The Bertz CT molecular complexity index is 125. The highest BCUT2D eigenvalue weighted by atomic mass is 14.3. The first-order chi connectivity index (χ1) is 4.72. The fourth-order valence-electron chi connectivity index (χ4n) is 0.886. The number of rotatable bonds is 4. The summed E-state index contributed by atoms with van der Waals surface area (Å²) in [6.45, 7) is 6.44. The number of hydrogen-bond donors (Lipinski definition) is 1. The molecule has 0 aliphatic rings. The van der Waals surface area contributed by atoms with E-state index < -0.39 is 0 Å². The van der Waals surface area contributed by atoms with Crippen molar-refractivity contribution in [3.63, 3.8) is 0 Å². The third kappa shape index (κ3) is 3.44. The third-order valence-electron chi connectivity index (χ3n) is 1.77. The van der Waals surface area contributed by atoms with Crippen LogP contribution < -0.4 is 0 Å². The second kappa shape index (κ2) is 5.21. The first-order valence-corrected chi connectivity index (χ1v) is 3.88. The normalized spacial score (nSPS) is 14.9. The molecule has 0 fully saturated rings. The molecule has 1 N–H and O–H groups in total. The molecule has 0 bridgehead atoms. The Balaban J connectivity index is 3.79. The zero-order valence-corrected chi connectivity index (χ0v) is 7.15. The summed E-state index contributed by atoms with van der Waals surface area (Å²) in [4.78, 5) is 0. The molecule has 0 aromatic heterocycles. The molecular weight excluding hydrogens is 122 g/mol. The van der Waals surface area contributed by atoms with E-state index in [4.69, 9.17) is 5.41 Å². The lowest BCUT2D eigenvalue weighted by Gasteiger charge is -2.07. The van der Waals surface area contributed by atoms with Gasteiger partial charge in [-0.05, 0) is 31.9 Å². The van der Waals surface area contributed by atoms with Crippen LogP contribution in [0.4, 0.5) is 0 Å². The minimum Gasteiger partial charge on any atom is -0.313 e. The van der Waals surface area contributed by atoms with Crippen molar-refractivity contribution in [1.82, 2.24) is 0 Å². The van der Waals surface area contributed by atoms with Crippen molar-refractivity contribution >= 4 is 6.21 Å². The Morgan fingerprint density at radius 2 is 2.20 bits per heavy atom. The van der Waals surface area contributed by atoms with Gasteiger partial charge in [0, 0.05) is 0 Å². The Labute approximate surface area is 63.7 Å². The lowest BCUT2D eigenvalue weighted by atomic mass is 9.99. The Hall–Kier alpha value is -0.590. The summed E-state index contributed by atoms with van der Waals surface area (Å²) in [5.74, 6) is 0.553. The Morgan fingerprint density at radius 1 is 1.60 bits per heavy atom. The average molecular weight is 139 g/mol. The molecule has 0 saturated carbocycles. The van der Waals surface area contributed by atoms with E-state index in [0.29, 0.717) is 5.92 Å². The van der Waals surface area contributed by atoms with Gasteiger partial charge in [0.15, 0.2) is 0 Å². The molecule has 0 saturated heterocycles. The average Bonchev–Trinajstić information content (AvgIpc) is 1.89. The summed E-state index contributed by atoms with van der Waals surface area (Å²) in [6, 6.07) is 0. The highest BCUT2D eigenvalue weighted by molar-refractivity contribution is 5.53. The van der Waals surface area contributed by atoms with Crippen LogP contribution in [0.25, 0.3) is 0 Å². The van der Waals surface area contributed by atoms with Gasteiger partial charge >= 0.3 is 0 Å². The second-order valence-electron chi connectivity index (χ2n) is 2.70. The maximum absolute atomic E-state index is 6.91. The Morgan fingerprint density at radius 3 is 2.60 bits per heavy atom. The monoisotopic (exact) mass is 139 g/mol. The molecular formula is C9H17N. The van der Waals surface area contributed by atoms with Gasteiger partial charge in [0.05, 0.1) is 0 Å². The van der Waals surface area contributed by atoms with Crippen LogP contribution in [0.3, 0.4) is 0 Å². The van der Waals surface area contributed by atoms with E-state index in [1.54, 1.807) is 0 Å². The molecule has 1 heteroatoms. The lowest BCUT2D eigenvalue weighted by molar-refractivity contribution is 0.716. The van der Waals surface area contributed by atoms with E-state index in [1.807, 2.05) is 0 Å². The molecule has 1 atom stereocenters. The summed E-state index contributed by atoms with van der Waals surface area (Å²) in [7, 11) is 0. The summed E-state index contributed by atoms with van der Waals surface area (Å²) in [5.41, 5.74) is 1.41. The molecule has 0 spiro atoms. The van der Waals surface area contributed by atoms with Gasteiger partial charge in [-0.1, -0.05) is 25.5 Å². The molecule has 0 aliphatic carbocycles. The van der Waals surface area contributed by atoms with Crippen molar-refractivity contribution < 1.29 is 0 Å². The lowest BCUT2D eigenvalue weighted by Crippen LogP contribution is -1.96. The van der Waals surface area contributed by atoms with Gasteiger partial charge in [-0.15, -0.1) is 0 Å². The first-order valence-electron chi connectivity index (χ1n) is 3.88. The van der Waals surface area contributed by atoms with E-state index in [0.717, 1.165) is 12.8 Å². The molecule has 0 aliphatic heterocycles. The van der Waals surface area contributed by atoms with Gasteiger partial charge in [-0.3, -0.25) is 0 Å². The first kappa shape index (κ1) is 9.41. The minimum absolute atomic E-state index is 0.553. The van der Waals surface area contributed by atoms with E-state index >= 15 is 0 Å². The quantitative estimate of drug-likeness (QED) is 0.457. The molecule has 1 nitrogen and oxygen atoms in total. The molecule has 1 unspecified atom stereocenters. The maximum atomic E-state index is 6.91. The molecule has 0 aromatic carbocycles. The SMILES string of the molecule is CC/C=C(/C)C(C)CC=N. The van der Waals surface area contributed by atoms with E-state index in [2.05, 4.69) is 26.8 Å². The standard InChI is InChI=1S/C9H17N/c1-4-5-8(2)9(3)6-7-10/h5,7,9-10H,4,6H2,1-3H3/b8-5-,10-7?. The van der Waals surface area contributed by atoms with Crippen LogP contribution in [0.2, 0.25) is 0 Å². The fourth-order valence-corrected chi connectivity index (χ4v) is 0.886. The third-order valence-corrected chi connectivity index (χ3v) is 1.77. The maximum Gasteiger partial charge on any atom is -0.00419 e. The molecule has 0 rings (SSSR count). The topological polar surface area (TPSA) is 23.9 Å². The van der Waals surface area contributed by atoms with Gasteiger partial charge in [-0.2, -0.15) is 0 Å². The van der Waals surface area contributed by atoms with Gasteiger partial charge < -0.3 is 5.41 Å². The van der Waals surface area contributed by atoms with Crippen molar-refractivity contribution in [3.05, 3.63) is 11.6 Å². The predicted molar refractivity (Wildman–Crippen MR) is 46.6 cm³/mol. The van der Waals surface area contributed by atoms with Crippen molar-refractivity contribution in [2.75, 3.05) is 0 Å². The van der Waals surface area contributed by atoms with Crippen LogP contribution >= 0.6 is 0 Å². The molecule has 0 amide bonds. The molecule has 0 heterocycles. The Kier molecular flexibility index (Phi) is 4.91. The van der Waals surface area contributed by atoms with Gasteiger partial charge in [-0.25, -0.2) is 0 Å². The van der Waals surface area contributed by atoms with Gasteiger partial charge in [0.25, 0.3) is 0 Å².